The molecule has 0 fully saturated rings. The van der Waals surface area contributed by atoms with E-state index in [1.807, 2.05) is 37.5 Å². The van der Waals surface area contributed by atoms with Gasteiger partial charge in [-0.15, -0.1) is 0 Å². The van der Waals surface area contributed by atoms with E-state index in [1.165, 1.54) is 5.56 Å². The summed E-state index contributed by atoms with van der Waals surface area (Å²) in [6.45, 7) is 2.07. The van der Waals surface area contributed by atoms with Crippen LogP contribution >= 0.6 is 0 Å². The number of hydrogen-bond donors (Lipinski definition) is 0. The van der Waals surface area contributed by atoms with Crippen LogP contribution < -0.4 is 4.90 Å². The lowest BCUT2D eigenvalue weighted by Gasteiger charge is -2.18. The third kappa shape index (κ3) is 2.15. The predicted octanol–water partition coefficient (Wildman–Crippen LogP) is 3.16. The second-order valence-electron chi connectivity index (χ2n) is 3.59. The van der Waals surface area contributed by atoms with Crippen molar-refractivity contribution in [3.63, 3.8) is 0 Å². The summed E-state index contributed by atoms with van der Waals surface area (Å²) in [5, 5.41) is 0. The molecule has 1 aromatic heterocycles. The molecule has 0 N–H and O–H groups in total. The molecule has 2 rings (SSSR count). The number of rotatable bonds is 2. The smallest absolute Gasteiger partial charge is 0.132 e. The fraction of sp³-hybridized carbons (Fsp3) is 0.154. The van der Waals surface area contributed by atoms with Crippen LogP contribution in [0.2, 0.25) is 0 Å². The molecular weight excluding hydrogens is 184 g/mol. The molecule has 0 amide bonds. The zero-order chi connectivity index (χ0) is 10.7. The highest BCUT2D eigenvalue weighted by molar-refractivity contribution is 5.59. The SMILES string of the molecule is Cc1ccnc(N(C)c2ccccc2)c1. The number of pyridine rings is 1. The molecule has 2 heteroatoms. The lowest BCUT2D eigenvalue weighted by Crippen LogP contribution is -2.10. The Balaban J connectivity index is 2.32. The molecule has 0 aliphatic rings. The van der Waals surface area contributed by atoms with Gasteiger partial charge in [0.25, 0.3) is 0 Å². The summed E-state index contributed by atoms with van der Waals surface area (Å²) >= 11 is 0. The molecule has 0 aliphatic heterocycles. The third-order valence-corrected chi connectivity index (χ3v) is 2.39. The summed E-state index contributed by atoms with van der Waals surface area (Å²) in [7, 11) is 2.02. The van der Waals surface area contributed by atoms with E-state index in [2.05, 4.69) is 35.0 Å². The van der Waals surface area contributed by atoms with Crippen LogP contribution in [0.4, 0.5) is 11.5 Å². The Labute approximate surface area is 90.2 Å². The number of nitrogens with zero attached hydrogens (tertiary/aromatic N) is 2. The molecule has 0 radical (unpaired) electrons. The zero-order valence-electron chi connectivity index (χ0n) is 9.01. The van der Waals surface area contributed by atoms with Gasteiger partial charge in [0.05, 0.1) is 0 Å². The molecule has 15 heavy (non-hydrogen) atoms. The van der Waals surface area contributed by atoms with E-state index in [9.17, 15) is 0 Å². The van der Waals surface area contributed by atoms with E-state index in [0.717, 1.165) is 11.5 Å². The monoisotopic (exact) mass is 198 g/mol. The Morgan fingerprint density at radius 2 is 1.80 bits per heavy atom. The van der Waals surface area contributed by atoms with Crippen molar-refractivity contribution in [3.05, 3.63) is 54.2 Å². The minimum Gasteiger partial charge on any atom is -0.329 e. The standard InChI is InChI=1S/C13H14N2/c1-11-8-9-14-13(10-11)15(2)12-6-4-3-5-7-12/h3-10H,1-2H3. The van der Waals surface area contributed by atoms with Crippen molar-refractivity contribution in [2.45, 2.75) is 6.92 Å². The van der Waals surface area contributed by atoms with Gasteiger partial charge in [-0.05, 0) is 36.8 Å². The Bertz CT molecular complexity index is 437. The molecule has 0 unspecified atom stereocenters. The van der Waals surface area contributed by atoms with Gasteiger partial charge in [0, 0.05) is 18.9 Å². The maximum Gasteiger partial charge on any atom is 0.132 e. The number of benzene rings is 1. The van der Waals surface area contributed by atoms with Crippen molar-refractivity contribution in [1.82, 2.24) is 4.98 Å². The van der Waals surface area contributed by atoms with Gasteiger partial charge in [-0.3, -0.25) is 0 Å². The van der Waals surface area contributed by atoms with Gasteiger partial charge in [0.15, 0.2) is 0 Å². The fourth-order valence-electron chi connectivity index (χ4n) is 1.49. The van der Waals surface area contributed by atoms with Gasteiger partial charge in [-0.2, -0.15) is 0 Å². The van der Waals surface area contributed by atoms with Crippen molar-refractivity contribution < 1.29 is 0 Å². The molecule has 76 valence electrons. The van der Waals surface area contributed by atoms with Crippen LogP contribution in [0.3, 0.4) is 0 Å². The molecule has 0 bridgehead atoms. The van der Waals surface area contributed by atoms with Crippen molar-refractivity contribution in [2.24, 2.45) is 0 Å². The quantitative estimate of drug-likeness (QED) is 0.736. The molecule has 1 aromatic carbocycles. The van der Waals surface area contributed by atoms with Crippen LogP contribution in [-0.4, -0.2) is 12.0 Å². The second kappa shape index (κ2) is 4.13. The van der Waals surface area contributed by atoms with Gasteiger partial charge in [-0.1, -0.05) is 18.2 Å². The van der Waals surface area contributed by atoms with Gasteiger partial charge in [-0.25, -0.2) is 4.98 Å². The number of hydrogen-bond acceptors (Lipinski definition) is 2. The molecule has 0 saturated carbocycles. The van der Waals surface area contributed by atoms with Crippen molar-refractivity contribution >= 4 is 11.5 Å². The van der Waals surface area contributed by atoms with E-state index < -0.39 is 0 Å². The minimum absolute atomic E-state index is 0.973. The van der Waals surface area contributed by atoms with Crippen molar-refractivity contribution in [3.8, 4) is 0 Å². The number of aromatic nitrogens is 1. The molecule has 0 spiro atoms. The van der Waals surface area contributed by atoms with Gasteiger partial charge >= 0.3 is 0 Å². The maximum absolute atomic E-state index is 4.34. The molecule has 0 atom stereocenters. The second-order valence-corrected chi connectivity index (χ2v) is 3.59. The number of aryl methyl sites for hydroxylation is 1. The van der Waals surface area contributed by atoms with Crippen LogP contribution in [0, 0.1) is 6.92 Å². The summed E-state index contributed by atoms with van der Waals surface area (Å²) in [6.07, 6.45) is 1.84. The number of para-hydroxylation sites is 1. The normalized spacial score (nSPS) is 10.0. The van der Waals surface area contributed by atoms with E-state index >= 15 is 0 Å². The van der Waals surface area contributed by atoms with Gasteiger partial charge in [0.1, 0.15) is 5.82 Å². The highest BCUT2D eigenvalue weighted by Gasteiger charge is 2.03. The Hall–Kier alpha value is -1.83. The van der Waals surface area contributed by atoms with Gasteiger partial charge in [0.2, 0.25) is 0 Å². The lowest BCUT2D eigenvalue weighted by atomic mass is 10.2. The van der Waals surface area contributed by atoms with E-state index in [4.69, 9.17) is 0 Å². The van der Waals surface area contributed by atoms with Crippen LogP contribution in [0.25, 0.3) is 0 Å². The molecule has 2 nitrogen and oxygen atoms in total. The van der Waals surface area contributed by atoms with Crippen molar-refractivity contribution in [2.75, 3.05) is 11.9 Å². The first-order valence-corrected chi connectivity index (χ1v) is 4.99. The third-order valence-electron chi connectivity index (χ3n) is 2.39. The molecule has 2 aromatic rings. The first-order chi connectivity index (χ1) is 7.27. The minimum atomic E-state index is 0.973. The Morgan fingerprint density at radius 1 is 1.07 bits per heavy atom. The topological polar surface area (TPSA) is 16.1 Å². The molecule has 1 heterocycles. The van der Waals surface area contributed by atoms with E-state index in [0.29, 0.717) is 0 Å². The average Bonchev–Trinajstić information content (AvgIpc) is 2.29. The summed E-state index contributed by atoms with van der Waals surface area (Å²) in [4.78, 5) is 6.42. The summed E-state index contributed by atoms with van der Waals surface area (Å²) in [5.41, 5.74) is 2.37. The lowest BCUT2D eigenvalue weighted by molar-refractivity contribution is 1.12. The van der Waals surface area contributed by atoms with Crippen LogP contribution in [0.5, 0.6) is 0 Å². The summed E-state index contributed by atoms with van der Waals surface area (Å²) < 4.78 is 0. The van der Waals surface area contributed by atoms with Crippen molar-refractivity contribution in [1.29, 1.82) is 0 Å². The molecular formula is C13H14N2. The first kappa shape index (κ1) is 9.71. The number of anilines is 2. The molecule has 0 aliphatic carbocycles. The fourth-order valence-corrected chi connectivity index (χ4v) is 1.49. The predicted molar refractivity (Wildman–Crippen MR) is 63.5 cm³/mol. The first-order valence-electron chi connectivity index (χ1n) is 4.99. The largest absolute Gasteiger partial charge is 0.329 e. The highest BCUT2D eigenvalue weighted by Crippen LogP contribution is 2.20. The Morgan fingerprint density at radius 3 is 2.47 bits per heavy atom. The Kier molecular flexibility index (Phi) is 2.68. The van der Waals surface area contributed by atoms with Crippen LogP contribution in [0.15, 0.2) is 48.7 Å². The van der Waals surface area contributed by atoms with Gasteiger partial charge < -0.3 is 4.90 Å². The van der Waals surface area contributed by atoms with Crippen LogP contribution in [-0.2, 0) is 0 Å². The zero-order valence-corrected chi connectivity index (χ0v) is 9.01. The average molecular weight is 198 g/mol. The molecule has 0 saturated heterocycles. The highest BCUT2D eigenvalue weighted by atomic mass is 15.2. The van der Waals surface area contributed by atoms with E-state index in [-0.39, 0.29) is 0 Å². The summed E-state index contributed by atoms with van der Waals surface area (Å²) in [5.74, 6) is 0.973. The van der Waals surface area contributed by atoms with E-state index in [1.54, 1.807) is 0 Å². The maximum atomic E-state index is 4.34. The van der Waals surface area contributed by atoms with Crippen LogP contribution in [0.1, 0.15) is 5.56 Å². The summed E-state index contributed by atoms with van der Waals surface area (Å²) in [6, 6.07) is 14.3.